The van der Waals surface area contributed by atoms with E-state index in [0.29, 0.717) is 0 Å². The largest absolute Gasteiger partial charge is 0.398 e. The molecule has 0 atom stereocenters. The number of anilines is 2. The molecule has 3 heterocycles. The predicted octanol–water partition coefficient (Wildman–Crippen LogP) is 1.64. The fourth-order valence-electron chi connectivity index (χ4n) is 2.14. The van der Waals surface area contributed by atoms with Crippen molar-refractivity contribution in [1.29, 1.82) is 0 Å². The van der Waals surface area contributed by atoms with Gasteiger partial charge in [0.25, 0.3) is 0 Å². The van der Waals surface area contributed by atoms with Crippen LogP contribution in [0, 0.1) is 0 Å². The van der Waals surface area contributed by atoms with Gasteiger partial charge < -0.3 is 10.6 Å². The van der Waals surface area contributed by atoms with E-state index >= 15 is 0 Å². The van der Waals surface area contributed by atoms with Crippen molar-refractivity contribution in [2.24, 2.45) is 0 Å². The third kappa shape index (κ3) is 1.92. The third-order valence-electron chi connectivity index (χ3n) is 3.19. The Kier molecular flexibility index (Phi) is 2.87. The van der Waals surface area contributed by atoms with Crippen LogP contribution < -0.4 is 10.6 Å². The van der Waals surface area contributed by atoms with Gasteiger partial charge in [0.1, 0.15) is 5.82 Å². The molecule has 0 aromatic carbocycles. The van der Waals surface area contributed by atoms with Crippen LogP contribution >= 0.6 is 11.5 Å². The maximum atomic E-state index is 6.01. The van der Waals surface area contributed by atoms with Gasteiger partial charge in [-0.1, -0.05) is 6.92 Å². The molecule has 1 aliphatic rings. The number of aromatic nitrogens is 3. The van der Waals surface area contributed by atoms with Crippen molar-refractivity contribution in [3.8, 4) is 0 Å². The zero-order valence-corrected chi connectivity index (χ0v) is 11.1. The number of hydrogen-bond donors (Lipinski definition) is 1. The standard InChI is InChI=1S/C12H15N5S/c1-2-11-15-12(18-16-11)17-6-4-10-8(7-17)9(13)3-5-14-10/h3,5H,2,4,6-7H2,1H3,(H2,13,14). The number of hydrogen-bond acceptors (Lipinski definition) is 6. The van der Waals surface area contributed by atoms with Crippen molar-refractivity contribution in [2.45, 2.75) is 26.3 Å². The lowest BCUT2D eigenvalue weighted by Crippen LogP contribution is -2.31. The Labute approximate surface area is 110 Å². The topological polar surface area (TPSA) is 67.9 Å². The van der Waals surface area contributed by atoms with Crippen molar-refractivity contribution in [2.75, 3.05) is 17.2 Å². The molecule has 2 N–H and O–H groups in total. The normalized spacial score (nSPS) is 14.6. The van der Waals surface area contributed by atoms with E-state index in [-0.39, 0.29) is 0 Å². The molecule has 5 nitrogen and oxygen atoms in total. The molecule has 94 valence electrons. The molecule has 0 spiro atoms. The maximum absolute atomic E-state index is 6.01. The number of pyridine rings is 1. The van der Waals surface area contributed by atoms with E-state index in [1.165, 1.54) is 11.5 Å². The number of nitrogen functional groups attached to an aromatic ring is 1. The van der Waals surface area contributed by atoms with Crippen LogP contribution in [0.3, 0.4) is 0 Å². The first-order valence-electron chi connectivity index (χ1n) is 6.07. The van der Waals surface area contributed by atoms with Crippen LogP contribution in [-0.2, 0) is 19.4 Å². The lowest BCUT2D eigenvalue weighted by atomic mass is 10.0. The highest BCUT2D eigenvalue weighted by Gasteiger charge is 2.21. The van der Waals surface area contributed by atoms with Crippen molar-refractivity contribution in [3.63, 3.8) is 0 Å². The average molecular weight is 261 g/mol. The molecule has 0 unspecified atom stereocenters. The zero-order valence-electron chi connectivity index (χ0n) is 10.3. The molecule has 0 aliphatic carbocycles. The number of rotatable bonds is 2. The summed E-state index contributed by atoms with van der Waals surface area (Å²) in [5, 5.41) is 0.987. The van der Waals surface area contributed by atoms with Gasteiger partial charge in [0.15, 0.2) is 0 Å². The van der Waals surface area contributed by atoms with Crippen molar-refractivity contribution in [1.82, 2.24) is 14.3 Å². The van der Waals surface area contributed by atoms with Gasteiger partial charge in [0.05, 0.1) is 0 Å². The molecule has 0 saturated carbocycles. The Morgan fingerprint density at radius 1 is 1.50 bits per heavy atom. The van der Waals surface area contributed by atoms with E-state index in [1.807, 2.05) is 6.07 Å². The third-order valence-corrected chi connectivity index (χ3v) is 4.01. The summed E-state index contributed by atoms with van der Waals surface area (Å²) < 4.78 is 4.33. The predicted molar refractivity (Wildman–Crippen MR) is 72.7 cm³/mol. The minimum absolute atomic E-state index is 0.785. The summed E-state index contributed by atoms with van der Waals surface area (Å²) in [6, 6.07) is 1.86. The highest BCUT2D eigenvalue weighted by Crippen LogP contribution is 2.27. The van der Waals surface area contributed by atoms with Crippen LogP contribution in [0.5, 0.6) is 0 Å². The molecule has 0 fully saturated rings. The molecule has 3 rings (SSSR count). The summed E-state index contributed by atoms with van der Waals surface area (Å²) >= 11 is 1.46. The summed E-state index contributed by atoms with van der Waals surface area (Å²) in [6.45, 7) is 3.79. The zero-order chi connectivity index (χ0) is 12.5. The SMILES string of the molecule is CCc1nsc(N2CCc3nccc(N)c3C2)n1. The maximum Gasteiger partial charge on any atom is 0.205 e. The molecule has 6 heteroatoms. The van der Waals surface area contributed by atoms with Crippen molar-refractivity contribution >= 4 is 22.4 Å². The van der Waals surface area contributed by atoms with E-state index < -0.39 is 0 Å². The molecule has 2 aromatic rings. The molecule has 0 bridgehead atoms. The summed E-state index contributed by atoms with van der Waals surface area (Å²) in [7, 11) is 0. The van der Waals surface area contributed by atoms with E-state index in [1.54, 1.807) is 6.20 Å². The number of fused-ring (bicyclic) bond motifs is 1. The minimum Gasteiger partial charge on any atom is -0.398 e. The highest BCUT2D eigenvalue weighted by molar-refractivity contribution is 7.09. The average Bonchev–Trinajstić information content (AvgIpc) is 2.88. The second-order valence-electron chi connectivity index (χ2n) is 4.34. The van der Waals surface area contributed by atoms with E-state index in [0.717, 1.165) is 53.8 Å². The molecular weight excluding hydrogens is 246 g/mol. The lowest BCUT2D eigenvalue weighted by Gasteiger charge is -2.28. The number of aryl methyl sites for hydroxylation is 1. The Bertz CT molecular complexity index is 565. The van der Waals surface area contributed by atoms with Crippen LogP contribution in [0.15, 0.2) is 12.3 Å². The van der Waals surface area contributed by atoms with Crippen LogP contribution in [0.25, 0.3) is 0 Å². The summed E-state index contributed by atoms with van der Waals surface area (Å²) in [5.74, 6) is 0.917. The Morgan fingerprint density at radius 3 is 3.17 bits per heavy atom. The second kappa shape index (κ2) is 4.53. The first kappa shape index (κ1) is 11.4. The first-order chi connectivity index (χ1) is 8.78. The quantitative estimate of drug-likeness (QED) is 0.890. The van der Waals surface area contributed by atoms with E-state index in [4.69, 9.17) is 5.73 Å². The highest BCUT2D eigenvalue weighted by atomic mass is 32.1. The first-order valence-corrected chi connectivity index (χ1v) is 6.85. The number of nitrogens with zero attached hydrogens (tertiary/aromatic N) is 4. The van der Waals surface area contributed by atoms with Crippen molar-refractivity contribution in [3.05, 3.63) is 29.3 Å². The van der Waals surface area contributed by atoms with Gasteiger partial charge in [-0.25, -0.2) is 4.98 Å². The van der Waals surface area contributed by atoms with E-state index in [2.05, 4.69) is 26.2 Å². The van der Waals surface area contributed by atoms with Crippen LogP contribution in [-0.4, -0.2) is 20.9 Å². The van der Waals surface area contributed by atoms with E-state index in [9.17, 15) is 0 Å². The molecule has 0 radical (unpaired) electrons. The van der Waals surface area contributed by atoms with Gasteiger partial charge in [-0.05, 0) is 6.07 Å². The molecule has 2 aromatic heterocycles. The van der Waals surface area contributed by atoms with Crippen LogP contribution in [0.1, 0.15) is 24.0 Å². The van der Waals surface area contributed by atoms with Gasteiger partial charge >= 0.3 is 0 Å². The lowest BCUT2D eigenvalue weighted by molar-refractivity contribution is 0.710. The van der Waals surface area contributed by atoms with Gasteiger partial charge in [0.2, 0.25) is 5.13 Å². The minimum atomic E-state index is 0.785. The molecule has 1 aliphatic heterocycles. The summed E-state index contributed by atoms with van der Waals surface area (Å²) in [6.07, 6.45) is 3.58. The molecule has 0 amide bonds. The Hall–Kier alpha value is -1.69. The molecule has 0 saturated heterocycles. The monoisotopic (exact) mass is 261 g/mol. The smallest absolute Gasteiger partial charge is 0.205 e. The summed E-state index contributed by atoms with van der Waals surface area (Å²) in [5.41, 5.74) is 9.09. The second-order valence-corrected chi connectivity index (χ2v) is 5.07. The van der Waals surface area contributed by atoms with Gasteiger partial charge in [-0.3, -0.25) is 4.98 Å². The fourth-order valence-corrected chi connectivity index (χ4v) is 2.92. The Morgan fingerprint density at radius 2 is 2.39 bits per heavy atom. The fraction of sp³-hybridized carbons (Fsp3) is 0.417. The van der Waals surface area contributed by atoms with Crippen LogP contribution in [0.2, 0.25) is 0 Å². The van der Waals surface area contributed by atoms with Crippen molar-refractivity contribution < 1.29 is 0 Å². The Balaban J connectivity index is 1.88. The van der Waals surface area contributed by atoms with Gasteiger partial charge in [0, 0.05) is 60.6 Å². The summed E-state index contributed by atoms with van der Waals surface area (Å²) in [4.78, 5) is 11.2. The van der Waals surface area contributed by atoms with Gasteiger partial charge in [-0.2, -0.15) is 4.37 Å². The molecular formula is C12H15N5S. The van der Waals surface area contributed by atoms with Crippen LogP contribution in [0.4, 0.5) is 10.8 Å². The molecule has 18 heavy (non-hydrogen) atoms. The number of nitrogens with two attached hydrogens (primary N) is 1. The van der Waals surface area contributed by atoms with Gasteiger partial charge in [-0.15, -0.1) is 0 Å².